The number of hydrogen-bond acceptors (Lipinski definition) is 4. The van der Waals surface area contributed by atoms with Gasteiger partial charge in [-0.3, -0.25) is 9.59 Å². The van der Waals surface area contributed by atoms with Crippen molar-refractivity contribution >= 4 is 35.3 Å². The first-order chi connectivity index (χ1) is 11.9. The summed E-state index contributed by atoms with van der Waals surface area (Å²) in [6, 6.07) is 11.9. The zero-order valence-electron chi connectivity index (χ0n) is 13.6. The Labute approximate surface area is 150 Å². The lowest BCUT2D eigenvalue weighted by molar-refractivity contribution is -0.124. The maximum Gasteiger partial charge on any atom is 0.240 e. The predicted molar refractivity (Wildman–Crippen MR) is 97.9 cm³/mol. The molecule has 7 heteroatoms. The summed E-state index contributed by atoms with van der Waals surface area (Å²) in [5.74, 6) is -0.658. The maximum atomic E-state index is 11.8. The van der Waals surface area contributed by atoms with Gasteiger partial charge < -0.3 is 10.4 Å². The predicted octanol–water partition coefficient (Wildman–Crippen LogP) is 3.22. The van der Waals surface area contributed by atoms with Crippen LogP contribution in [0, 0.1) is 6.92 Å². The maximum absolute atomic E-state index is 11.8. The number of aryl methyl sites for hydroxylation is 1. The van der Waals surface area contributed by atoms with E-state index in [9.17, 15) is 14.7 Å². The fourth-order valence-corrected chi connectivity index (χ4v) is 2.21. The first-order valence-electron chi connectivity index (χ1n) is 7.61. The standard InChI is InChI=1S/C18H18ClN3O3/c1-12-3-2-4-15(9-12)21-17(24)7-8-18(25)22-20-11-13-10-14(19)5-6-16(13)23/h2-6,9-11,23H,7-8H2,1H3,(H,21,24)(H,22,25). The summed E-state index contributed by atoms with van der Waals surface area (Å²) in [7, 11) is 0. The molecule has 0 fully saturated rings. The molecule has 2 aromatic rings. The van der Waals surface area contributed by atoms with Crippen molar-refractivity contribution in [2.45, 2.75) is 19.8 Å². The summed E-state index contributed by atoms with van der Waals surface area (Å²) >= 11 is 5.81. The average Bonchev–Trinajstić information content (AvgIpc) is 2.56. The second-order valence-corrected chi connectivity index (χ2v) is 5.85. The molecule has 0 unspecified atom stereocenters. The first kappa shape index (κ1) is 18.5. The van der Waals surface area contributed by atoms with Crippen LogP contribution >= 0.6 is 11.6 Å². The minimum absolute atomic E-state index is 0.0000636. The minimum Gasteiger partial charge on any atom is -0.507 e. The first-order valence-corrected chi connectivity index (χ1v) is 7.99. The van der Waals surface area contributed by atoms with Crippen LogP contribution in [0.25, 0.3) is 0 Å². The highest BCUT2D eigenvalue weighted by Crippen LogP contribution is 2.19. The summed E-state index contributed by atoms with van der Waals surface area (Å²) in [5.41, 5.74) is 4.41. The SMILES string of the molecule is Cc1cccc(NC(=O)CCC(=O)NN=Cc2cc(Cl)ccc2O)c1. The lowest BCUT2D eigenvalue weighted by Gasteiger charge is -2.05. The Morgan fingerprint density at radius 2 is 1.92 bits per heavy atom. The number of carbonyl (C=O) groups is 2. The van der Waals surface area contributed by atoms with E-state index in [1.165, 1.54) is 18.3 Å². The van der Waals surface area contributed by atoms with E-state index >= 15 is 0 Å². The molecule has 0 aliphatic carbocycles. The van der Waals surface area contributed by atoms with E-state index in [1.807, 2.05) is 25.1 Å². The molecule has 130 valence electrons. The van der Waals surface area contributed by atoms with Crippen LogP contribution in [-0.4, -0.2) is 23.1 Å². The summed E-state index contributed by atoms with van der Waals surface area (Å²) in [5, 5.41) is 16.5. The molecule has 0 saturated heterocycles. The lowest BCUT2D eigenvalue weighted by Crippen LogP contribution is -2.20. The number of anilines is 1. The van der Waals surface area contributed by atoms with Gasteiger partial charge in [0.05, 0.1) is 6.21 Å². The van der Waals surface area contributed by atoms with E-state index in [4.69, 9.17) is 11.6 Å². The number of rotatable bonds is 6. The number of halogens is 1. The highest BCUT2D eigenvalue weighted by Gasteiger charge is 2.07. The molecule has 0 aliphatic rings. The molecule has 0 bridgehead atoms. The summed E-state index contributed by atoms with van der Waals surface area (Å²) in [4.78, 5) is 23.5. The van der Waals surface area contributed by atoms with Crippen LogP contribution in [0.5, 0.6) is 5.75 Å². The van der Waals surface area contributed by atoms with Crippen molar-refractivity contribution in [3.05, 3.63) is 58.6 Å². The second kappa shape index (κ2) is 8.84. The van der Waals surface area contributed by atoms with Gasteiger partial charge >= 0.3 is 0 Å². The highest BCUT2D eigenvalue weighted by molar-refractivity contribution is 6.30. The van der Waals surface area contributed by atoms with E-state index in [-0.39, 0.29) is 24.5 Å². The van der Waals surface area contributed by atoms with Crippen molar-refractivity contribution in [3.8, 4) is 5.75 Å². The van der Waals surface area contributed by atoms with Gasteiger partial charge in [0.25, 0.3) is 0 Å². The summed E-state index contributed by atoms with van der Waals surface area (Å²) in [6.07, 6.45) is 1.32. The third kappa shape index (κ3) is 6.27. The number of carbonyl (C=O) groups excluding carboxylic acids is 2. The molecule has 0 radical (unpaired) electrons. The Morgan fingerprint density at radius 1 is 1.16 bits per heavy atom. The third-order valence-electron chi connectivity index (χ3n) is 3.26. The van der Waals surface area contributed by atoms with Gasteiger partial charge in [0.15, 0.2) is 0 Å². The zero-order valence-corrected chi connectivity index (χ0v) is 14.4. The van der Waals surface area contributed by atoms with Crippen LogP contribution in [-0.2, 0) is 9.59 Å². The van der Waals surface area contributed by atoms with Gasteiger partial charge in [-0.05, 0) is 42.8 Å². The molecule has 0 spiro atoms. The van der Waals surface area contributed by atoms with Gasteiger partial charge in [0.2, 0.25) is 11.8 Å². The van der Waals surface area contributed by atoms with Crippen LogP contribution in [0.2, 0.25) is 5.02 Å². The van der Waals surface area contributed by atoms with E-state index < -0.39 is 5.91 Å². The van der Waals surface area contributed by atoms with E-state index in [2.05, 4.69) is 15.8 Å². The molecule has 25 heavy (non-hydrogen) atoms. The highest BCUT2D eigenvalue weighted by atomic mass is 35.5. The van der Waals surface area contributed by atoms with Gasteiger partial charge in [-0.2, -0.15) is 5.10 Å². The van der Waals surface area contributed by atoms with E-state index in [0.717, 1.165) is 5.56 Å². The number of phenolic OH excluding ortho intramolecular Hbond substituents is 1. The van der Waals surface area contributed by atoms with Crippen molar-refractivity contribution in [1.29, 1.82) is 0 Å². The van der Waals surface area contributed by atoms with Gasteiger partial charge in [-0.25, -0.2) is 5.43 Å². The van der Waals surface area contributed by atoms with E-state index in [1.54, 1.807) is 12.1 Å². The molecule has 0 atom stereocenters. The van der Waals surface area contributed by atoms with Crippen LogP contribution in [0.3, 0.4) is 0 Å². The molecule has 0 saturated carbocycles. The van der Waals surface area contributed by atoms with Crippen molar-refractivity contribution in [3.63, 3.8) is 0 Å². The minimum atomic E-state index is -0.405. The molecule has 2 amide bonds. The Kier molecular flexibility index (Phi) is 6.54. The molecule has 0 aromatic heterocycles. The number of nitrogens with zero attached hydrogens (tertiary/aromatic N) is 1. The van der Waals surface area contributed by atoms with Gasteiger partial charge in [0.1, 0.15) is 5.75 Å². The second-order valence-electron chi connectivity index (χ2n) is 5.41. The molecular weight excluding hydrogens is 342 g/mol. The molecule has 2 aromatic carbocycles. The largest absolute Gasteiger partial charge is 0.507 e. The normalized spacial score (nSPS) is 10.6. The van der Waals surface area contributed by atoms with Crippen LogP contribution in [0.1, 0.15) is 24.0 Å². The lowest BCUT2D eigenvalue weighted by atomic mass is 10.2. The number of nitrogens with one attached hydrogen (secondary N) is 2. The Balaban J connectivity index is 1.77. The quantitative estimate of drug-likeness (QED) is 0.546. The molecule has 6 nitrogen and oxygen atoms in total. The van der Waals surface area contributed by atoms with Crippen LogP contribution in [0.15, 0.2) is 47.6 Å². The average molecular weight is 360 g/mol. The smallest absolute Gasteiger partial charge is 0.240 e. The zero-order chi connectivity index (χ0) is 18.2. The van der Waals surface area contributed by atoms with E-state index in [0.29, 0.717) is 16.3 Å². The fourth-order valence-electron chi connectivity index (χ4n) is 2.03. The number of benzene rings is 2. The van der Waals surface area contributed by atoms with Crippen LogP contribution in [0.4, 0.5) is 5.69 Å². The Morgan fingerprint density at radius 3 is 2.68 bits per heavy atom. The molecule has 0 aliphatic heterocycles. The number of hydrazone groups is 1. The Bertz CT molecular complexity index is 806. The molecule has 0 heterocycles. The fraction of sp³-hybridized carbons (Fsp3) is 0.167. The third-order valence-corrected chi connectivity index (χ3v) is 3.50. The number of phenols is 1. The van der Waals surface area contributed by atoms with Crippen molar-refractivity contribution in [2.24, 2.45) is 5.10 Å². The topological polar surface area (TPSA) is 90.8 Å². The van der Waals surface area contributed by atoms with Crippen LogP contribution < -0.4 is 10.7 Å². The van der Waals surface area contributed by atoms with Crippen molar-refractivity contribution < 1.29 is 14.7 Å². The van der Waals surface area contributed by atoms with Gasteiger partial charge in [-0.1, -0.05) is 23.7 Å². The summed E-state index contributed by atoms with van der Waals surface area (Å²) in [6.45, 7) is 1.93. The monoisotopic (exact) mass is 359 g/mol. The van der Waals surface area contributed by atoms with Crippen molar-refractivity contribution in [2.75, 3.05) is 5.32 Å². The Hall–Kier alpha value is -2.86. The number of amides is 2. The molecule has 2 rings (SSSR count). The van der Waals surface area contributed by atoms with Crippen molar-refractivity contribution in [1.82, 2.24) is 5.43 Å². The number of aromatic hydroxyl groups is 1. The molecule has 3 N–H and O–H groups in total. The molecular formula is C18H18ClN3O3. The number of hydrogen-bond donors (Lipinski definition) is 3. The summed E-state index contributed by atoms with van der Waals surface area (Å²) < 4.78 is 0. The van der Waals surface area contributed by atoms with Gasteiger partial charge in [0, 0.05) is 29.1 Å². The van der Waals surface area contributed by atoms with Gasteiger partial charge in [-0.15, -0.1) is 0 Å².